The monoisotopic (exact) mass is 430 g/mol. The molecule has 0 aliphatic carbocycles. The van der Waals surface area contributed by atoms with Crippen LogP contribution >= 0.6 is 0 Å². The summed E-state index contributed by atoms with van der Waals surface area (Å²) in [7, 11) is 0. The molecule has 4 N–H and O–H groups in total. The van der Waals surface area contributed by atoms with Crippen LogP contribution in [0.3, 0.4) is 0 Å². The highest BCUT2D eigenvalue weighted by Gasteiger charge is 2.15. The second-order valence-corrected chi connectivity index (χ2v) is 7.76. The molecule has 0 saturated carbocycles. The summed E-state index contributed by atoms with van der Waals surface area (Å²) in [6, 6.07) is 11.8. The molecule has 2 aromatic heterocycles. The highest BCUT2D eigenvalue weighted by Crippen LogP contribution is 2.28. The number of benzene rings is 2. The van der Waals surface area contributed by atoms with Crippen LogP contribution < -0.4 is 11.1 Å². The van der Waals surface area contributed by atoms with E-state index in [1.807, 2.05) is 19.9 Å². The van der Waals surface area contributed by atoms with Gasteiger partial charge in [0.05, 0.1) is 11.1 Å². The Labute approximate surface area is 184 Å². The number of fused-ring (bicyclic) bond motifs is 1. The van der Waals surface area contributed by atoms with Gasteiger partial charge in [-0.2, -0.15) is 0 Å². The SMILES string of the molecule is Cc1[nH]c2c(F)ccc(C)c2c1CCNC(=O)c1cncc(-c2cccc(C(N)=O)c2)c1. The third-order valence-corrected chi connectivity index (χ3v) is 5.57. The maximum atomic E-state index is 14.1. The maximum absolute atomic E-state index is 14.1. The number of aromatic nitrogens is 2. The normalized spacial score (nSPS) is 11.0. The molecule has 32 heavy (non-hydrogen) atoms. The average molecular weight is 430 g/mol. The maximum Gasteiger partial charge on any atom is 0.252 e. The summed E-state index contributed by atoms with van der Waals surface area (Å²) in [5.41, 5.74) is 11.0. The third-order valence-electron chi connectivity index (χ3n) is 5.57. The number of aryl methyl sites for hydroxylation is 2. The second kappa shape index (κ2) is 8.63. The van der Waals surface area contributed by atoms with Crippen molar-refractivity contribution in [3.63, 3.8) is 0 Å². The van der Waals surface area contributed by atoms with Crippen molar-refractivity contribution in [2.75, 3.05) is 6.54 Å². The Bertz CT molecular complexity index is 1340. The quantitative estimate of drug-likeness (QED) is 0.430. The fourth-order valence-electron chi connectivity index (χ4n) is 3.93. The minimum Gasteiger partial charge on any atom is -0.366 e. The number of pyridine rings is 1. The van der Waals surface area contributed by atoms with Gasteiger partial charge < -0.3 is 16.0 Å². The molecule has 7 heteroatoms. The summed E-state index contributed by atoms with van der Waals surface area (Å²) in [6.45, 7) is 4.25. The van der Waals surface area contributed by atoms with E-state index in [0.717, 1.165) is 27.8 Å². The van der Waals surface area contributed by atoms with E-state index < -0.39 is 5.91 Å². The molecule has 0 aliphatic rings. The molecule has 4 rings (SSSR count). The largest absolute Gasteiger partial charge is 0.366 e. The Morgan fingerprint density at radius 1 is 1.06 bits per heavy atom. The molecule has 2 heterocycles. The Kier molecular flexibility index (Phi) is 5.73. The Hall–Kier alpha value is -4.00. The van der Waals surface area contributed by atoms with Crippen molar-refractivity contribution >= 4 is 22.7 Å². The van der Waals surface area contributed by atoms with Gasteiger partial charge in [-0.3, -0.25) is 14.6 Å². The smallest absolute Gasteiger partial charge is 0.252 e. The summed E-state index contributed by atoms with van der Waals surface area (Å²) >= 11 is 0. The number of nitrogens with zero attached hydrogens (tertiary/aromatic N) is 1. The zero-order valence-electron chi connectivity index (χ0n) is 17.8. The zero-order valence-corrected chi connectivity index (χ0v) is 17.8. The number of rotatable bonds is 6. The predicted molar refractivity (Wildman–Crippen MR) is 122 cm³/mol. The van der Waals surface area contributed by atoms with Gasteiger partial charge in [0.1, 0.15) is 5.82 Å². The Morgan fingerprint density at radius 3 is 2.62 bits per heavy atom. The molecule has 0 saturated heterocycles. The van der Waals surface area contributed by atoms with E-state index in [2.05, 4.69) is 15.3 Å². The van der Waals surface area contributed by atoms with Gasteiger partial charge in [0.15, 0.2) is 0 Å². The Balaban J connectivity index is 1.49. The molecule has 4 aromatic rings. The first-order chi connectivity index (χ1) is 15.3. The first kappa shape index (κ1) is 21.2. The molecule has 2 amide bonds. The summed E-state index contributed by atoms with van der Waals surface area (Å²) < 4.78 is 14.1. The van der Waals surface area contributed by atoms with E-state index in [1.165, 1.54) is 12.3 Å². The number of nitrogens with one attached hydrogen (secondary N) is 2. The van der Waals surface area contributed by atoms with Crippen molar-refractivity contribution in [2.45, 2.75) is 20.3 Å². The summed E-state index contributed by atoms with van der Waals surface area (Å²) in [5, 5.41) is 3.78. The van der Waals surface area contributed by atoms with Crippen LogP contribution in [0, 0.1) is 19.7 Å². The molecule has 0 spiro atoms. The van der Waals surface area contributed by atoms with E-state index in [0.29, 0.717) is 35.2 Å². The van der Waals surface area contributed by atoms with Crippen molar-refractivity contribution in [1.29, 1.82) is 0 Å². The minimum absolute atomic E-state index is 0.259. The fraction of sp³-hybridized carbons (Fsp3) is 0.160. The number of halogens is 1. The highest BCUT2D eigenvalue weighted by molar-refractivity contribution is 5.96. The predicted octanol–water partition coefficient (Wildman–Crippen LogP) is 4.06. The van der Waals surface area contributed by atoms with E-state index in [-0.39, 0.29) is 11.7 Å². The highest BCUT2D eigenvalue weighted by atomic mass is 19.1. The summed E-state index contributed by atoms with van der Waals surface area (Å²) in [6.07, 6.45) is 3.69. The lowest BCUT2D eigenvalue weighted by Crippen LogP contribution is -2.26. The van der Waals surface area contributed by atoms with E-state index in [9.17, 15) is 14.0 Å². The molecular weight excluding hydrogens is 407 g/mol. The van der Waals surface area contributed by atoms with Gasteiger partial charge in [-0.05, 0) is 61.2 Å². The van der Waals surface area contributed by atoms with Gasteiger partial charge in [-0.15, -0.1) is 0 Å². The van der Waals surface area contributed by atoms with Crippen LogP contribution in [0.15, 0.2) is 54.9 Å². The summed E-state index contributed by atoms with van der Waals surface area (Å²) in [4.78, 5) is 31.4. The lowest BCUT2D eigenvalue weighted by molar-refractivity contribution is 0.0952. The molecule has 0 fully saturated rings. The first-order valence-corrected chi connectivity index (χ1v) is 10.2. The molecule has 162 valence electrons. The zero-order chi connectivity index (χ0) is 22.8. The van der Waals surface area contributed by atoms with Crippen LogP contribution in [-0.2, 0) is 6.42 Å². The third kappa shape index (κ3) is 4.09. The number of hydrogen-bond donors (Lipinski definition) is 3. The second-order valence-electron chi connectivity index (χ2n) is 7.76. The lowest BCUT2D eigenvalue weighted by atomic mass is 10.0. The topological polar surface area (TPSA) is 101 Å². The van der Waals surface area contributed by atoms with Crippen molar-refractivity contribution in [3.05, 3.63) is 88.6 Å². The number of aromatic amines is 1. The minimum atomic E-state index is -0.517. The molecule has 0 unspecified atom stereocenters. The molecule has 0 atom stereocenters. The number of primary amides is 1. The number of nitrogens with two attached hydrogens (primary N) is 1. The number of carbonyl (C=O) groups excluding carboxylic acids is 2. The number of hydrogen-bond acceptors (Lipinski definition) is 3. The van der Waals surface area contributed by atoms with Gasteiger partial charge in [-0.25, -0.2) is 4.39 Å². The van der Waals surface area contributed by atoms with Crippen molar-refractivity contribution in [1.82, 2.24) is 15.3 Å². The van der Waals surface area contributed by atoms with Crippen LogP contribution in [0.2, 0.25) is 0 Å². The van der Waals surface area contributed by atoms with Gasteiger partial charge >= 0.3 is 0 Å². The molecule has 6 nitrogen and oxygen atoms in total. The van der Waals surface area contributed by atoms with Crippen LogP contribution in [0.5, 0.6) is 0 Å². The number of H-pyrrole nitrogens is 1. The van der Waals surface area contributed by atoms with Crippen molar-refractivity contribution in [3.8, 4) is 11.1 Å². The number of carbonyl (C=O) groups is 2. The van der Waals surface area contributed by atoms with Crippen molar-refractivity contribution in [2.24, 2.45) is 5.73 Å². The standard InChI is InChI=1S/C25H23FN4O2/c1-14-6-7-21(26)23-22(14)20(15(2)30-23)8-9-29-25(32)19-11-18(12-28-13-19)16-4-3-5-17(10-16)24(27)31/h3-7,10-13,30H,8-9H2,1-2H3,(H2,27,31)(H,29,32). The van der Waals surface area contributed by atoms with Gasteiger partial charge in [0.2, 0.25) is 5.91 Å². The van der Waals surface area contributed by atoms with Crippen LogP contribution in [0.1, 0.15) is 37.5 Å². The van der Waals surface area contributed by atoms with Crippen LogP contribution in [0.25, 0.3) is 22.0 Å². The van der Waals surface area contributed by atoms with Gasteiger partial charge in [0, 0.05) is 41.1 Å². The Morgan fingerprint density at radius 2 is 1.84 bits per heavy atom. The van der Waals surface area contributed by atoms with Gasteiger partial charge in [0.25, 0.3) is 5.91 Å². The van der Waals surface area contributed by atoms with Crippen LogP contribution in [0.4, 0.5) is 4.39 Å². The van der Waals surface area contributed by atoms with E-state index >= 15 is 0 Å². The first-order valence-electron chi connectivity index (χ1n) is 10.2. The van der Waals surface area contributed by atoms with E-state index in [1.54, 1.807) is 36.5 Å². The lowest BCUT2D eigenvalue weighted by Gasteiger charge is -2.08. The van der Waals surface area contributed by atoms with Crippen LogP contribution in [-0.4, -0.2) is 28.3 Å². The molecule has 0 aliphatic heterocycles. The van der Waals surface area contributed by atoms with Gasteiger partial charge in [-0.1, -0.05) is 18.2 Å². The fourth-order valence-corrected chi connectivity index (χ4v) is 3.93. The van der Waals surface area contributed by atoms with E-state index in [4.69, 9.17) is 5.73 Å². The molecule has 2 aromatic carbocycles. The average Bonchev–Trinajstić information content (AvgIpc) is 3.14. The molecule has 0 radical (unpaired) electrons. The summed E-state index contributed by atoms with van der Waals surface area (Å²) in [5.74, 6) is -1.06. The molecular formula is C25H23FN4O2. The molecule has 0 bridgehead atoms. The van der Waals surface area contributed by atoms with Crippen molar-refractivity contribution < 1.29 is 14.0 Å². The number of amides is 2.